The van der Waals surface area contributed by atoms with Gasteiger partial charge in [0.2, 0.25) is 11.8 Å². The zero-order chi connectivity index (χ0) is 30.2. The van der Waals surface area contributed by atoms with Gasteiger partial charge in [0, 0.05) is 17.6 Å². The van der Waals surface area contributed by atoms with Gasteiger partial charge >= 0.3 is 0 Å². The molecule has 0 unspecified atom stereocenters. The number of anilines is 1. The van der Waals surface area contributed by atoms with Gasteiger partial charge in [-0.15, -0.1) is 0 Å². The fraction of sp³-hybridized carbons (Fsp3) is 0.375. The van der Waals surface area contributed by atoms with Gasteiger partial charge in [-0.1, -0.05) is 73.5 Å². The largest absolute Gasteiger partial charge is 0.352 e. The monoisotopic (exact) mass is 597 g/mol. The van der Waals surface area contributed by atoms with Gasteiger partial charge in [0.05, 0.1) is 10.6 Å². The lowest BCUT2D eigenvalue weighted by molar-refractivity contribution is -0.139. The summed E-state index contributed by atoms with van der Waals surface area (Å²) >= 11 is 6.19. The summed E-state index contributed by atoms with van der Waals surface area (Å²) in [4.78, 5) is 29.1. The van der Waals surface area contributed by atoms with E-state index < -0.39 is 28.5 Å². The van der Waals surface area contributed by atoms with Crippen LogP contribution in [0.25, 0.3) is 0 Å². The standard InChI is InChI=1S/C32H40ClN3O4S/c1-6-25(5)34-32(38)29(7-2)35(20-19-26-11-9-8-10-12-26)31(37)22-36(30-18-15-27(33)21-24(30)4)41(39,40)28-16-13-23(3)14-17-28/h8-18,21,25,29H,6-7,19-20,22H2,1-5H3,(H,34,38)/t25-,29-/m0/s1. The van der Waals surface area contributed by atoms with Crippen molar-refractivity contribution in [1.29, 1.82) is 0 Å². The molecule has 3 rings (SSSR count). The van der Waals surface area contributed by atoms with E-state index in [9.17, 15) is 18.0 Å². The Labute approximate surface area is 249 Å². The predicted molar refractivity (Wildman–Crippen MR) is 166 cm³/mol. The van der Waals surface area contributed by atoms with Crippen LogP contribution in [0, 0.1) is 13.8 Å². The first-order valence-electron chi connectivity index (χ1n) is 14.0. The maximum atomic E-state index is 14.1. The lowest BCUT2D eigenvalue weighted by Gasteiger charge is -2.34. The summed E-state index contributed by atoms with van der Waals surface area (Å²) in [5.41, 5.74) is 2.89. The number of aryl methyl sites for hydroxylation is 2. The van der Waals surface area contributed by atoms with E-state index in [0.29, 0.717) is 29.1 Å². The molecule has 7 nitrogen and oxygen atoms in total. The molecule has 0 aliphatic rings. The van der Waals surface area contributed by atoms with Crippen molar-refractivity contribution in [2.75, 3.05) is 17.4 Å². The van der Waals surface area contributed by atoms with Crippen molar-refractivity contribution >= 4 is 39.1 Å². The molecular formula is C32H40ClN3O4S. The molecule has 0 aromatic heterocycles. The first-order chi connectivity index (χ1) is 19.5. The number of rotatable bonds is 13. The molecule has 2 amide bonds. The van der Waals surface area contributed by atoms with Crippen LogP contribution in [0.5, 0.6) is 0 Å². The summed E-state index contributed by atoms with van der Waals surface area (Å²) in [7, 11) is -4.14. The van der Waals surface area contributed by atoms with Crippen LogP contribution >= 0.6 is 11.6 Å². The van der Waals surface area contributed by atoms with Crippen LogP contribution < -0.4 is 9.62 Å². The van der Waals surface area contributed by atoms with Crippen molar-refractivity contribution in [2.45, 2.75) is 70.9 Å². The molecule has 0 spiro atoms. The summed E-state index contributed by atoms with van der Waals surface area (Å²) in [5.74, 6) is -0.712. The summed E-state index contributed by atoms with van der Waals surface area (Å²) in [6, 6.07) is 20.3. The van der Waals surface area contributed by atoms with Crippen LogP contribution in [-0.4, -0.2) is 50.3 Å². The smallest absolute Gasteiger partial charge is 0.264 e. The number of hydrogen-bond donors (Lipinski definition) is 1. The zero-order valence-electron chi connectivity index (χ0n) is 24.4. The molecule has 0 saturated heterocycles. The van der Waals surface area contributed by atoms with Crippen molar-refractivity contribution < 1.29 is 18.0 Å². The van der Waals surface area contributed by atoms with Gasteiger partial charge in [-0.3, -0.25) is 13.9 Å². The Hall–Kier alpha value is -3.36. The lowest BCUT2D eigenvalue weighted by Crippen LogP contribution is -2.54. The average Bonchev–Trinajstić information content (AvgIpc) is 2.94. The number of hydrogen-bond acceptors (Lipinski definition) is 4. The Kier molecular flexibility index (Phi) is 11.4. The maximum Gasteiger partial charge on any atom is 0.264 e. The van der Waals surface area contributed by atoms with E-state index in [-0.39, 0.29) is 23.4 Å². The number of nitrogens with one attached hydrogen (secondary N) is 1. The van der Waals surface area contributed by atoms with Gasteiger partial charge in [-0.2, -0.15) is 0 Å². The van der Waals surface area contributed by atoms with E-state index >= 15 is 0 Å². The number of carbonyl (C=O) groups is 2. The molecule has 0 fully saturated rings. The number of carbonyl (C=O) groups excluding carboxylic acids is 2. The van der Waals surface area contributed by atoms with E-state index in [1.165, 1.54) is 17.0 Å². The summed E-state index contributed by atoms with van der Waals surface area (Å²) in [6.07, 6.45) is 1.65. The van der Waals surface area contributed by atoms with Crippen LogP contribution in [0.4, 0.5) is 5.69 Å². The molecule has 3 aromatic rings. The molecule has 0 bridgehead atoms. The number of nitrogens with zero attached hydrogens (tertiary/aromatic N) is 2. The number of halogens is 1. The van der Waals surface area contributed by atoms with E-state index in [2.05, 4.69) is 5.32 Å². The second-order valence-corrected chi connectivity index (χ2v) is 12.6. The zero-order valence-corrected chi connectivity index (χ0v) is 26.0. The first-order valence-corrected chi connectivity index (χ1v) is 15.8. The fourth-order valence-corrected chi connectivity index (χ4v) is 6.29. The third-order valence-corrected chi connectivity index (χ3v) is 9.20. The van der Waals surface area contributed by atoms with E-state index in [0.717, 1.165) is 21.9 Å². The highest BCUT2D eigenvalue weighted by Crippen LogP contribution is 2.29. The minimum atomic E-state index is -4.14. The average molecular weight is 598 g/mol. The molecule has 3 aromatic carbocycles. The normalized spacial score (nSPS) is 12.8. The molecule has 2 atom stereocenters. The summed E-state index contributed by atoms with van der Waals surface area (Å²) < 4.78 is 29.2. The Morgan fingerprint density at radius 3 is 2.17 bits per heavy atom. The molecule has 0 aliphatic carbocycles. The minimum Gasteiger partial charge on any atom is -0.352 e. The van der Waals surface area contributed by atoms with Crippen LogP contribution in [0.15, 0.2) is 77.7 Å². The molecule has 0 saturated carbocycles. The topological polar surface area (TPSA) is 86.8 Å². The second-order valence-electron chi connectivity index (χ2n) is 10.3. The van der Waals surface area contributed by atoms with E-state index in [1.807, 2.05) is 58.0 Å². The summed E-state index contributed by atoms with van der Waals surface area (Å²) in [5, 5.41) is 3.46. The first kappa shape index (κ1) is 32.2. The molecule has 0 aliphatic heterocycles. The maximum absolute atomic E-state index is 14.1. The molecule has 0 heterocycles. The van der Waals surface area contributed by atoms with Crippen LogP contribution in [-0.2, 0) is 26.0 Å². The minimum absolute atomic E-state index is 0.0576. The highest BCUT2D eigenvalue weighted by molar-refractivity contribution is 7.92. The third kappa shape index (κ3) is 8.33. The number of amides is 2. The number of benzene rings is 3. The Morgan fingerprint density at radius 1 is 0.927 bits per heavy atom. The van der Waals surface area contributed by atoms with Crippen molar-refractivity contribution in [1.82, 2.24) is 10.2 Å². The third-order valence-electron chi connectivity index (χ3n) is 7.19. The van der Waals surface area contributed by atoms with Crippen LogP contribution in [0.1, 0.15) is 50.3 Å². The molecule has 1 N–H and O–H groups in total. The lowest BCUT2D eigenvalue weighted by atomic mass is 10.1. The molecule has 41 heavy (non-hydrogen) atoms. The fourth-order valence-electron chi connectivity index (χ4n) is 4.59. The van der Waals surface area contributed by atoms with Gasteiger partial charge in [0.25, 0.3) is 10.0 Å². The van der Waals surface area contributed by atoms with Gasteiger partial charge in [-0.25, -0.2) is 8.42 Å². The van der Waals surface area contributed by atoms with Crippen molar-refractivity contribution in [2.24, 2.45) is 0 Å². The van der Waals surface area contributed by atoms with Crippen molar-refractivity contribution in [3.05, 3.63) is 94.5 Å². The van der Waals surface area contributed by atoms with Crippen LogP contribution in [0.2, 0.25) is 5.02 Å². The highest BCUT2D eigenvalue weighted by Gasteiger charge is 2.34. The van der Waals surface area contributed by atoms with Crippen molar-refractivity contribution in [3.8, 4) is 0 Å². The SMILES string of the molecule is CC[C@H](C)NC(=O)[C@H](CC)N(CCc1ccccc1)C(=O)CN(c1ccc(Cl)cc1C)S(=O)(=O)c1ccc(C)cc1. The quantitative estimate of drug-likeness (QED) is 0.265. The number of sulfonamides is 1. The molecule has 0 radical (unpaired) electrons. The predicted octanol–water partition coefficient (Wildman–Crippen LogP) is 5.92. The van der Waals surface area contributed by atoms with E-state index in [1.54, 1.807) is 37.3 Å². The Morgan fingerprint density at radius 2 is 1.59 bits per heavy atom. The van der Waals surface area contributed by atoms with Crippen LogP contribution in [0.3, 0.4) is 0 Å². The Balaban J connectivity index is 2.04. The van der Waals surface area contributed by atoms with Gasteiger partial charge in [-0.05, 0) is 81.5 Å². The van der Waals surface area contributed by atoms with Gasteiger partial charge in [0.1, 0.15) is 12.6 Å². The van der Waals surface area contributed by atoms with Crippen molar-refractivity contribution in [3.63, 3.8) is 0 Å². The molecular weight excluding hydrogens is 558 g/mol. The molecule has 9 heteroatoms. The molecule has 220 valence electrons. The second kappa shape index (κ2) is 14.5. The Bertz CT molecular complexity index is 1430. The van der Waals surface area contributed by atoms with Gasteiger partial charge < -0.3 is 10.2 Å². The summed E-state index contributed by atoms with van der Waals surface area (Å²) in [6.45, 7) is 9.17. The highest BCUT2D eigenvalue weighted by atomic mass is 35.5. The van der Waals surface area contributed by atoms with Gasteiger partial charge in [0.15, 0.2) is 0 Å². The van der Waals surface area contributed by atoms with E-state index in [4.69, 9.17) is 11.6 Å².